The first kappa shape index (κ1) is 14.7. The molecule has 0 unspecified atom stereocenters. The lowest BCUT2D eigenvalue weighted by molar-refractivity contribution is -0.384. The molecule has 2 aromatic rings. The van der Waals surface area contributed by atoms with E-state index in [-0.39, 0.29) is 23.6 Å². The second-order valence-corrected chi connectivity index (χ2v) is 4.44. The van der Waals surface area contributed by atoms with E-state index >= 15 is 0 Å². The molecule has 0 saturated carbocycles. The molecule has 0 radical (unpaired) electrons. The zero-order valence-corrected chi connectivity index (χ0v) is 11.9. The summed E-state index contributed by atoms with van der Waals surface area (Å²) in [5, 5.41) is 14.7. The minimum atomic E-state index is -0.558. The van der Waals surface area contributed by atoms with Crippen molar-refractivity contribution >= 4 is 11.7 Å². The Bertz CT molecular complexity index is 705. The highest BCUT2D eigenvalue weighted by Gasteiger charge is 2.24. The first-order valence-electron chi connectivity index (χ1n) is 6.34. The molecular formula is C14H14N2O5. The normalized spacial score (nSPS) is 10.4. The van der Waals surface area contributed by atoms with Crippen LogP contribution in [0.2, 0.25) is 0 Å². The summed E-state index contributed by atoms with van der Waals surface area (Å²) >= 11 is 0. The van der Waals surface area contributed by atoms with Crippen molar-refractivity contribution in [1.29, 1.82) is 0 Å². The van der Waals surface area contributed by atoms with Gasteiger partial charge >= 0.3 is 5.97 Å². The third-order valence-corrected chi connectivity index (χ3v) is 3.03. The summed E-state index contributed by atoms with van der Waals surface area (Å²) in [6.45, 7) is 5.28. The topological polar surface area (TPSA) is 95.5 Å². The number of hydrogen-bond acceptors (Lipinski definition) is 6. The Morgan fingerprint density at radius 2 is 2.14 bits per heavy atom. The third-order valence-electron chi connectivity index (χ3n) is 3.03. The van der Waals surface area contributed by atoms with Crippen molar-refractivity contribution < 1.29 is 19.0 Å². The fraction of sp³-hybridized carbons (Fsp3) is 0.286. The van der Waals surface area contributed by atoms with E-state index in [1.807, 2.05) is 0 Å². The van der Waals surface area contributed by atoms with E-state index in [9.17, 15) is 14.9 Å². The number of esters is 1. The maximum absolute atomic E-state index is 12.0. The van der Waals surface area contributed by atoms with Crippen molar-refractivity contribution in [3.05, 3.63) is 45.2 Å². The highest BCUT2D eigenvalue weighted by atomic mass is 16.6. The van der Waals surface area contributed by atoms with Gasteiger partial charge in [0.25, 0.3) is 5.69 Å². The van der Waals surface area contributed by atoms with Crippen LogP contribution < -0.4 is 0 Å². The molecule has 0 aliphatic rings. The summed E-state index contributed by atoms with van der Waals surface area (Å²) in [7, 11) is 0. The van der Waals surface area contributed by atoms with Gasteiger partial charge in [0.2, 0.25) is 0 Å². The van der Waals surface area contributed by atoms with Crippen molar-refractivity contribution in [2.75, 3.05) is 6.61 Å². The smallest absolute Gasteiger partial charge is 0.344 e. The van der Waals surface area contributed by atoms with Crippen LogP contribution in [0.3, 0.4) is 0 Å². The van der Waals surface area contributed by atoms with E-state index in [1.54, 1.807) is 26.8 Å². The molecule has 0 aliphatic heterocycles. The minimum Gasteiger partial charge on any atom is -0.462 e. The number of hydrogen-bond donors (Lipinski definition) is 0. The average molecular weight is 290 g/mol. The van der Waals surface area contributed by atoms with Gasteiger partial charge in [-0.1, -0.05) is 11.2 Å². The number of aromatic nitrogens is 1. The van der Waals surface area contributed by atoms with E-state index < -0.39 is 10.9 Å². The Morgan fingerprint density at radius 1 is 1.43 bits per heavy atom. The minimum absolute atomic E-state index is 0.0777. The van der Waals surface area contributed by atoms with Gasteiger partial charge in [0, 0.05) is 17.7 Å². The van der Waals surface area contributed by atoms with Crippen LogP contribution in [-0.4, -0.2) is 22.7 Å². The van der Waals surface area contributed by atoms with Crippen LogP contribution in [0.1, 0.15) is 28.6 Å². The Morgan fingerprint density at radius 3 is 2.76 bits per heavy atom. The van der Waals surface area contributed by atoms with Gasteiger partial charge in [-0.25, -0.2) is 4.79 Å². The first-order chi connectivity index (χ1) is 9.95. The maximum atomic E-state index is 12.0. The van der Waals surface area contributed by atoms with E-state index in [4.69, 9.17) is 9.26 Å². The third kappa shape index (κ3) is 2.76. The zero-order valence-electron chi connectivity index (χ0n) is 11.9. The number of nitro benzene ring substituents is 1. The lowest BCUT2D eigenvalue weighted by atomic mass is 10.0. The van der Waals surface area contributed by atoms with Gasteiger partial charge in [-0.15, -0.1) is 0 Å². The van der Waals surface area contributed by atoms with E-state index in [0.29, 0.717) is 11.3 Å². The lowest BCUT2D eigenvalue weighted by Gasteiger charge is -2.05. The standard InChI is InChI=1S/C14H14N2O5/c1-4-20-14(17)12-9(3)21-15-13(12)11-7-10(16(18)19)6-5-8(11)2/h5-7H,4H2,1-3H3. The summed E-state index contributed by atoms with van der Waals surface area (Å²) in [6, 6.07) is 4.37. The lowest BCUT2D eigenvalue weighted by Crippen LogP contribution is -2.07. The molecule has 1 aromatic carbocycles. The van der Waals surface area contributed by atoms with Gasteiger partial charge in [0.15, 0.2) is 0 Å². The number of ether oxygens (including phenoxy) is 1. The largest absolute Gasteiger partial charge is 0.462 e. The number of non-ortho nitro benzene ring substituents is 1. The predicted molar refractivity (Wildman–Crippen MR) is 74.0 cm³/mol. The molecule has 0 aliphatic carbocycles. The molecular weight excluding hydrogens is 276 g/mol. The summed E-state index contributed by atoms with van der Waals surface area (Å²) in [4.78, 5) is 22.4. The van der Waals surface area contributed by atoms with Gasteiger partial charge in [0.05, 0.1) is 11.5 Å². The molecule has 7 nitrogen and oxygen atoms in total. The first-order valence-corrected chi connectivity index (χ1v) is 6.34. The Kier molecular flexibility index (Phi) is 4.02. The number of benzene rings is 1. The number of carbonyl (C=O) groups excluding carboxylic acids is 1. The summed E-state index contributed by atoms with van der Waals surface area (Å²) in [5.41, 5.74) is 1.60. The fourth-order valence-electron chi connectivity index (χ4n) is 1.98. The van der Waals surface area contributed by atoms with Crippen LogP contribution in [0.4, 0.5) is 5.69 Å². The molecule has 21 heavy (non-hydrogen) atoms. The van der Waals surface area contributed by atoms with Crippen LogP contribution in [-0.2, 0) is 4.74 Å². The van der Waals surface area contributed by atoms with Crippen molar-refractivity contribution in [3.63, 3.8) is 0 Å². The predicted octanol–water partition coefficient (Wildman–Crippen LogP) is 3.04. The van der Waals surface area contributed by atoms with Gasteiger partial charge in [-0.05, 0) is 26.3 Å². The second kappa shape index (κ2) is 5.74. The number of aryl methyl sites for hydroxylation is 2. The molecule has 110 valence electrons. The summed E-state index contributed by atoms with van der Waals surface area (Å²) in [5.74, 6) is -0.244. The highest BCUT2D eigenvalue weighted by Crippen LogP contribution is 2.31. The molecule has 0 N–H and O–H groups in total. The quantitative estimate of drug-likeness (QED) is 0.488. The molecule has 0 atom stereocenters. The SMILES string of the molecule is CCOC(=O)c1c(-c2cc([N+](=O)[O-])ccc2C)noc1C. The Hall–Kier alpha value is -2.70. The van der Waals surface area contributed by atoms with Crippen LogP contribution >= 0.6 is 0 Å². The number of rotatable bonds is 4. The van der Waals surface area contributed by atoms with Gasteiger partial charge < -0.3 is 9.26 Å². The summed E-state index contributed by atoms with van der Waals surface area (Å²) < 4.78 is 10.0. The molecule has 1 aromatic heterocycles. The van der Waals surface area contributed by atoms with Gasteiger partial charge in [-0.2, -0.15) is 0 Å². The molecule has 1 heterocycles. The van der Waals surface area contributed by atoms with Gasteiger partial charge in [-0.3, -0.25) is 10.1 Å². The van der Waals surface area contributed by atoms with Crippen molar-refractivity contribution in [1.82, 2.24) is 5.16 Å². The molecule has 7 heteroatoms. The monoisotopic (exact) mass is 290 g/mol. The molecule has 0 fully saturated rings. The van der Waals surface area contributed by atoms with Crippen LogP contribution in [0.5, 0.6) is 0 Å². The van der Waals surface area contributed by atoms with Gasteiger partial charge in [0.1, 0.15) is 17.0 Å². The molecule has 0 saturated heterocycles. The summed E-state index contributed by atoms with van der Waals surface area (Å²) in [6.07, 6.45) is 0. The fourth-order valence-corrected chi connectivity index (χ4v) is 1.98. The maximum Gasteiger partial charge on any atom is 0.344 e. The molecule has 0 bridgehead atoms. The van der Waals surface area contributed by atoms with Crippen molar-refractivity contribution in [2.24, 2.45) is 0 Å². The highest BCUT2D eigenvalue weighted by molar-refractivity contribution is 5.97. The van der Waals surface area contributed by atoms with E-state index in [1.165, 1.54) is 12.1 Å². The number of nitrogens with zero attached hydrogens (tertiary/aromatic N) is 2. The van der Waals surface area contributed by atoms with Crippen molar-refractivity contribution in [2.45, 2.75) is 20.8 Å². The second-order valence-electron chi connectivity index (χ2n) is 4.44. The molecule has 0 spiro atoms. The number of nitro groups is 1. The van der Waals surface area contributed by atoms with Crippen LogP contribution in [0.25, 0.3) is 11.3 Å². The van der Waals surface area contributed by atoms with Crippen LogP contribution in [0, 0.1) is 24.0 Å². The molecule has 2 rings (SSSR count). The van der Waals surface area contributed by atoms with E-state index in [2.05, 4.69) is 5.16 Å². The van der Waals surface area contributed by atoms with Crippen LogP contribution in [0.15, 0.2) is 22.7 Å². The Balaban J connectivity index is 2.60. The Labute approximate surface area is 120 Å². The zero-order chi connectivity index (χ0) is 15.6. The molecule has 0 amide bonds. The van der Waals surface area contributed by atoms with Crippen molar-refractivity contribution in [3.8, 4) is 11.3 Å². The number of carbonyl (C=O) groups is 1. The van der Waals surface area contributed by atoms with E-state index in [0.717, 1.165) is 5.56 Å². The average Bonchev–Trinajstić information content (AvgIpc) is 2.81.